The van der Waals surface area contributed by atoms with Gasteiger partial charge >= 0.3 is 5.69 Å². The molecule has 0 spiro atoms. The van der Waals surface area contributed by atoms with Crippen LogP contribution in [0.3, 0.4) is 0 Å². The van der Waals surface area contributed by atoms with Crippen LogP contribution in [0.25, 0.3) is 11.5 Å². The molecule has 0 fully saturated rings. The Bertz CT molecular complexity index is 1010. The highest BCUT2D eigenvalue weighted by molar-refractivity contribution is 5.90. The largest absolute Gasteiger partial charge is 0.346 e. The lowest BCUT2D eigenvalue weighted by Gasteiger charge is -2.04. The summed E-state index contributed by atoms with van der Waals surface area (Å²) >= 11 is 0. The van der Waals surface area contributed by atoms with Crippen molar-refractivity contribution >= 4 is 17.3 Å². The number of non-ortho nitro benzene ring substituents is 1. The first-order chi connectivity index (χ1) is 12.5. The van der Waals surface area contributed by atoms with E-state index in [1.807, 2.05) is 0 Å². The van der Waals surface area contributed by atoms with Crippen molar-refractivity contribution in [1.29, 1.82) is 0 Å². The SMILES string of the molecule is Cn1c(-c2ccccn2)nn(CC(=O)Nc2ccc([N+](=O)[O-])cc2)c1=O. The van der Waals surface area contributed by atoms with Gasteiger partial charge in [0.1, 0.15) is 12.2 Å². The van der Waals surface area contributed by atoms with Crippen molar-refractivity contribution in [3.8, 4) is 11.5 Å². The first kappa shape index (κ1) is 17.0. The number of hydrogen-bond acceptors (Lipinski definition) is 6. The molecule has 0 aliphatic carbocycles. The first-order valence-electron chi connectivity index (χ1n) is 7.55. The molecule has 0 atom stereocenters. The number of aromatic nitrogens is 4. The van der Waals surface area contributed by atoms with Gasteiger partial charge in [-0.2, -0.15) is 0 Å². The topological polar surface area (TPSA) is 125 Å². The molecule has 0 saturated carbocycles. The van der Waals surface area contributed by atoms with Gasteiger partial charge in [0.25, 0.3) is 5.69 Å². The molecule has 1 aromatic carbocycles. The Kier molecular flexibility index (Phi) is 4.56. The normalized spacial score (nSPS) is 10.5. The number of pyridine rings is 1. The van der Waals surface area contributed by atoms with Crippen molar-refractivity contribution in [2.24, 2.45) is 7.05 Å². The summed E-state index contributed by atoms with van der Waals surface area (Å²) in [6, 6.07) is 10.6. The standard InChI is InChI=1S/C16H14N6O4/c1-20-15(13-4-2-3-9-17-13)19-21(16(20)24)10-14(23)18-11-5-7-12(8-6-11)22(25)26/h2-9H,10H2,1H3,(H,18,23). The van der Waals surface area contributed by atoms with E-state index in [0.717, 1.165) is 4.68 Å². The number of rotatable bonds is 5. The van der Waals surface area contributed by atoms with E-state index < -0.39 is 16.5 Å². The average Bonchev–Trinajstić information content (AvgIpc) is 2.91. The maximum Gasteiger partial charge on any atom is 0.346 e. The van der Waals surface area contributed by atoms with Crippen LogP contribution in [0.5, 0.6) is 0 Å². The number of carbonyl (C=O) groups is 1. The van der Waals surface area contributed by atoms with Crippen molar-refractivity contribution in [1.82, 2.24) is 19.3 Å². The molecule has 10 heteroatoms. The van der Waals surface area contributed by atoms with Crippen LogP contribution in [-0.4, -0.2) is 30.2 Å². The van der Waals surface area contributed by atoms with Crippen molar-refractivity contribution in [3.05, 3.63) is 69.3 Å². The lowest BCUT2D eigenvalue weighted by Crippen LogP contribution is -2.29. The fourth-order valence-corrected chi connectivity index (χ4v) is 2.31. The Morgan fingerprint density at radius 1 is 1.23 bits per heavy atom. The number of anilines is 1. The van der Waals surface area contributed by atoms with E-state index in [2.05, 4.69) is 15.4 Å². The van der Waals surface area contributed by atoms with Crippen LogP contribution in [0, 0.1) is 10.1 Å². The third kappa shape index (κ3) is 3.48. The van der Waals surface area contributed by atoms with Gasteiger partial charge in [0.2, 0.25) is 5.91 Å². The van der Waals surface area contributed by atoms with Crippen molar-refractivity contribution in [2.45, 2.75) is 6.54 Å². The van der Waals surface area contributed by atoms with E-state index in [4.69, 9.17) is 0 Å². The molecule has 2 heterocycles. The highest BCUT2D eigenvalue weighted by atomic mass is 16.6. The fourth-order valence-electron chi connectivity index (χ4n) is 2.31. The number of nitro groups is 1. The van der Waals surface area contributed by atoms with Gasteiger partial charge in [0.15, 0.2) is 5.82 Å². The van der Waals surface area contributed by atoms with E-state index >= 15 is 0 Å². The Morgan fingerprint density at radius 2 is 1.96 bits per heavy atom. The molecular weight excluding hydrogens is 340 g/mol. The Labute approximate surface area is 146 Å². The van der Waals surface area contributed by atoms with Crippen LogP contribution >= 0.6 is 0 Å². The lowest BCUT2D eigenvalue weighted by molar-refractivity contribution is -0.384. The number of nitrogens with zero attached hydrogens (tertiary/aromatic N) is 5. The molecule has 3 aromatic rings. The number of benzene rings is 1. The Morgan fingerprint density at radius 3 is 2.58 bits per heavy atom. The number of hydrogen-bond donors (Lipinski definition) is 1. The molecule has 0 unspecified atom stereocenters. The van der Waals surface area contributed by atoms with E-state index in [-0.39, 0.29) is 12.2 Å². The molecule has 0 radical (unpaired) electrons. The molecule has 1 amide bonds. The van der Waals surface area contributed by atoms with Crippen molar-refractivity contribution < 1.29 is 9.72 Å². The summed E-state index contributed by atoms with van der Waals surface area (Å²) in [6.45, 7) is -0.295. The highest BCUT2D eigenvalue weighted by Gasteiger charge is 2.15. The highest BCUT2D eigenvalue weighted by Crippen LogP contribution is 2.15. The average molecular weight is 354 g/mol. The van der Waals surface area contributed by atoms with E-state index in [0.29, 0.717) is 17.2 Å². The van der Waals surface area contributed by atoms with Gasteiger partial charge in [0, 0.05) is 31.1 Å². The summed E-state index contributed by atoms with van der Waals surface area (Å²) < 4.78 is 2.34. The van der Waals surface area contributed by atoms with Gasteiger partial charge in [-0.1, -0.05) is 6.07 Å². The number of amides is 1. The van der Waals surface area contributed by atoms with E-state index in [1.54, 1.807) is 31.4 Å². The van der Waals surface area contributed by atoms with Gasteiger partial charge in [-0.25, -0.2) is 9.48 Å². The summed E-state index contributed by atoms with van der Waals surface area (Å²) in [5, 5.41) is 17.3. The van der Waals surface area contributed by atoms with Gasteiger partial charge in [-0.05, 0) is 24.3 Å². The molecule has 0 aliphatic rings. The second kappa shape index (κ2) is 6.97. The minimum absolute atomic E-state index is 0.0797. The predicted molar refractivity (Wildman–Crippen MR) is 92.4 cm³/mol. The van der Waals surface area contributed by atoms with Crippen LogP contribution < -0.4 is 11.0 Å². The second-order valence-electron chi connectivity index (χ2n) is 5.39. The molecule has 0 bridgehead atoms. The number of nitrogens with one attached hydrogen (secondary N) is 1. The Balaban J connectivity index is 1.75. The molecule has 3 rings (SSSR count). The molecule has 2 aromatic heterocycles. The summed E-state index contributed by atoms with van der Waals surface area (Å²) in [4.78, 5) is 38.6. The van der Waals surface area contributed by atoms with Gasteiger partial charge in [0.05, 0.1) is 4.92 Å². The summed E-state index contributed by atoms with van der Waals surface area (Å²) in [5.41, 5.74) is 0.365. The molecule has 26 heavy (non-hydrogen) atoms. The minimum atomic E-state index is -0.530. The fraction of sp³-hybridized carbons (Fsp3) is 0.125. The minimum Gasteiger partial charge on any atom is -0.324 e. The zero-order chi connectivity index (χ0) is 18.7. The molecular formula is C16H14N6O4. The van der Waals surface area contributed by atoms with Crippen molar-refractivity contribution in [3.63, 3.8) is 0 Å². The molecule has 132 valence electrons. The quantitative estimate of drug-likeness (QED) is 0.542. The smallest absolute Gasteiger partial charge is 0.324 e. The predicted octanol–water partition coefficient (Wildman–Crippen LogP) is 1.19. The summed E-state index contributed by atoms with van der Waals surface area (Å²) in [6.07, 6.45) is 1.58. The zero-order valence-corrected chi connectivity index (χ0v) is 13.7. The van der Waals surface area contributed by atoms with Crippen LogP contribution in [0.2, 0.25) is 0 Å². The van der Waals surface area contributed by atoms with Crippen LogP contribution in [0.15, 0.2) is 53.5 Å². The summed E-state index contributed by atoms with van der Waals surface area (Å²) in [5.74, 6) is -0.134. The van der Waals surface area contributed by atoms with Crippen LogP contribution in [-0.2, 0) is 18.4 Å². The third-order valence-electron chi connectivity index (χ3n) is 3.59. The van der Waals surface area contributed by atoms with E-state index in [1.165, 1.54) is 28.8 Å². The van der Waals surface area contributed by atoms with Crippen LogP contribution in [0.4, 0.5) is 11.4 Å². The molecule has 0 aliphatic heterocycles. The lowest BCUT2D eigenvalue weighted by atomic mass is 10.3. The van der Waals surface area contributed by atoms with Crippen LogP contribution in [0.1, 0.15) is 0 Å². The monoisotopic (exact) mass is 354 g/mol. The maximum atomic E-state index is 12.3. The molecule has 10 nitrogen and oxygen atoms in total. The maximum absolute atomic E-state index is 12.3. The summed E-state index contributed by atoms with van der Waals surface area (Å²) in [7, 11) is 1.55. The second-order valence-corrected chi connectivity index (χ2v) is 5.39. The zero-order valence-electron chi connectivity index (χ0n) is 13.7. The first-order valence-corrected chi connectivity index (χ1v) is 7.55. The number of nitro benzene ring substituents is 1. The molecule has 0 saturated heterocycles. The van der Waals surface area contributed by atoms with Crippen molar-refractivity contribution in [2.75, 3.05) is 5.32 Å². The van der Waals surface area contributed by atoms with E-state index in [9.17, 15) is 19.7 Å². The van der Waals surface area contributed by atoms with Gasteiger partial charge in [-0.15, -0.1) is 5.10 Å². The number of carbonyl (C=O) groups excluding carboxylic acids is 1. The molecule has 1 N–H and O–H groups in total. The Hall–Kier alpha value is -3.82. The van der Waals surface area contributed by atoms with Gasteiger partial charge < -0.3 is 5.32 Å². The third-order valence-corrected chi connectivity index (χ3v) is 3.59. The van der Waals surface area contributed by atoms with Gasteiger partial charge in [-0.3, -0.25) is 24.5 Å².